The van der Waals surface area contributed by atoms with E-state index >= 15 is 0 Å². The molecule has 1 unspecified atom stereocenters. The van der Waals surface area contributed by atoms with Crippen LogP contribution in [0, 0.1) is 5.92 Å². The standard InChI is InChI=1S/C10H9Cl2N3O3/c1-18-10(17)5-2-6(16)15(3-5)9-7(11)8(12)13-4-14-9/h4-5H,2-3H2,1H3. The maximum Gasteiger partial charge on any atom is 0.311 e. The number of rotatable bonds is 2. The largest absolute Gasteiger partial charge is 0.469 e. The fourth-order valence-electron chi connectivity index (χ4n) is 1.76. The van der Waals surface area contributed by atoms with Crippen molar-refractivity contribution in [1.82, 2.24) is 9.97 Å². The Morgan fingerprint density at radius 1 is 1.50 bits per heavy atom. The average molecular weight is 290 g/mol. The van der Waals surface area contributed by atoms with Crippen molar-refractivity contribution in [2.45, 2.75) is 6.42 Å². The summed E-state index contributed by atoms with van der Waals surface area (Å²) < 4.78 is 4.61. The molecule has 2 rings (SSSR count). The minimum atomic E-state index is -0.507. The molecule has 1 aromatic rings. The van der Waals surface area contributed by atoms with Crippen molar-refractivity contribution in [1.29, 1.82) is 0 Å². The second kappa shape index (κ2) is 5.07. The highest BCUT2D eigenvalue weighted by atomic mass is 35.5. The summed E-state index contributed by atoms with van der Waals surface area (Å²) in [4.78, 5) is 32.2. The summed E-state index contributed by atoms with van der Waals surface area (Å²) in [6.45, 7) is 0.179. The number of amides is 1. The minimum Gasteiger partial charge on any atom is -0.469 e. The van der Waals surface area contributed by atoms with Gasteiger partial charge in [-0.2, -0.15) is 0 Å². The lowest BCUT2D eigenvalue weighted by atomic mass is 10.1. The van der Waals surface area contributed by atoms with Crippen molar-refractivity contribution >= 4 is 40.9 Å². The molecule has 1 amide bonds. The molecule has 1 aliphatic rings. The number of hydrogen-bond donors (Lipinski definition) is 0. The van der Waals surface area contributed by atoms with Gasteiger partial charge in [0.2, 0.25) is 5.91 Å². The molecule has 96 valence electrons. The van der Waals surface area contributed by atoms with E-state index < -0.39 is 11.9 Å². The highest BCUT2D eigenvalue weighted by Gasteiger charge is 2.37. The topological polar surface area (TPSA) is 72.4 Å². The normalized spacial score (nSPS) is 19.2. The molecule has 2 heterocycles. The molecule has 8 heteroatoms. The smallest absolute Gasteiger partial charge is 0.311 e. The number of carbonyl (C=O) groups is 2. The summed E-state index contributed by atoms with van der Waals surface area (Å²) >= 11 is 11.7. The Bertz CT molecular complexity index is 509. The van der Waals surface area contributed by atoms with Crippen molar-refractivity contribution in [2.75, 3.05) is 18.6 Å². The van der Waals surface area contributed by atoms with E-state index in [1.807, 2.05) is 0 Å². The molecule has 1 atom stereocenters. The molecule has 1 saturated heterocycles. The average Bonchev–Trinajstić information content (AvgIpc) is 2.74. The van der Waals surface area contributed by atoms with E-state index in [9.17, 15) is 9.59 Å². The Labute approximate surface area is 113 Å². The van der Waals surface area contributed by atoms with Crippen LogP contribution in [0.25, 0.3) is 0 Å². The fourth-order valence-corrected chi connectivity index (χ4v) is 2.09. The monoisotopic (exact) mass is 289 g/mol. The van der Waals surface area contributed by atoms with Crippen LogP contribution in [-0.4, -0.2) is 35.5 Å². The van der Waals surface area contributed by atoms with Gasteiger partial charge in [0.15, 0.2) is 11.0 Å². The second-order valence-electron chi connectivity index (χ2n) is 3.73. The molecule has 6 nitrogen and oxygen atoms in total. The summed E-state index contributed by atoms with van der Waals surface area (Å²) in [5.74, 6) is -0.968. The Balaban J connectivity index is 2.27. The van der Waals surface area contributed by atoms with Crippen LogP contribution in [0.5, 0.6) is 0 Å². The third-order valence-electron chi connectivity index (χ3n) is 2.64. The molecule has 1 fully saturated rings. The Hall–Kier alpha value is -1.40. The molecule has 0 saturated carbocycles. The van der Waals surface area contributed by atoms with Gasteiger partial charge in [0.25, 0.3) is 0 Å². The first-order valence-corrected chi connectivity index (χ1v) is 5.84. The molecule has 0 aromatic carbocycles. The van der Waals surface area contributed by atoms with Crippen molar-refractivity contribution in [3.63, 3.8) is 0 Å². The number of aromatic nitrogens is 2. The summed E-state index contributed by atoms with van der Waals surface area (Å²) in [6.07, 6.45) is 1.28. The predicted octanol–water partition coefficient (Wildman–Crippen LogP) is 1.31. The zero-order valence-corrected chi connectivity index (χ0v) is 10.9. The number of ether oxygens (including phenoxy) is 1. The summed E-state index contributed by atoms with van der Waals surface area (Å²) in [5.41, 5.74) is 0. The van der Waals surface area contributed by atoms with Crippen LogP contribution in [0.3, 0.4) is 0 Å². The first-order valence-electron chi connectivity index (χ1n) is 5.08. The van der Waals surface area contributed by atoms with Gasteiger partial charge in [0.1, 0.15) is 11.3 Å². The maximum atomic E-state index is 11.8. The summed E-state index contributed by atoms with van der Waals surface area (Å²) in [7, 11) is 1.28. The quantitative estimate of drug-likeness (QED) is 0.606. The van der Waals surface area contributed by atoms with Gasteiger partial charge in [-0.3, -0.25) is 14.5 Å². The van der Waals surface area contributed by atoms with Gasteiger partial charge in [-0.15, -0.1) is 0 Å². The molecular weight excluding hydrogens is 281 g/mol. The van der Waals surface area contributed by atoms with E-state index in [-0.39, 0.29) is 34.9 Å². The van der Waals surface area contributed by atoms with Crippen LogP contribution in [0.2, 0.25) is 10.2 Å². The van der Waals surface area contributed by atoms with E-state index in [2.05, 4.69) is 14.7 Å². The number of hydrogen-bond acceptors (Lipinski definition) is 5. The maximum absolute atomic E-state index is 11.8. The lowest BCUT2D eigenvalue weighted by Crippen LogP contribution is -2.27. The SMILES string of the molecule is COC(=O)C1CC(=O)N(c2ncnc(Cl)c2Cl)C1. The van der Waals surface area contributed by atoms with Crippen LogP contribution in [0.1, 0.15) is 6.42 Å². The molecule has 1 aromatic heterocycles. The Kier molecular flexibility index (Phi) is 3.68. The van der Waals surface area contributed by atoms with Gasteiger partial charge in [-0.25, -0.2) is 9.97 Å². The molecule has 0 aliphatic carbocycles. The zero-order valence-electron chi connectivity index (χ0n) is 9.39. The first kappa shape index (κ1) is 13.0. The van der Waals surface area contributed by atoms with Crippen LogP contribution >= 0.6 is 23.2 Å². The molecule has 1 aliphatic heterocycles. The van der Waals surface area contributed by atoms with Gasteiger partial charge in [0.05, 0.1) is 13.0 Å². The van der Waals surface area contributed by atoms with Crippen LogP contribution < -0.4 is 4.90 Å². The van der Waals surface area contributed by atoms with Gasteiger partial charge in [-0.05, 0) is 0 Å². The molecule has 0 N–H and O–H groups in total. The number of halogens is 2. The first-order chi connectivity index (χ1) is 8.54. The van der Waals surface area contributed by atoms with Crippen LogP contribution in [-0.2, 0) is 14.3 Å². The van der Waals surface area contributed by atoms with E-state index in [1.165, 1.54) is 18.3 Å². The molecule has 0 spiro atoms. The van der Waals surface area contributed by atoms with Gasteiger partial charge < -0.3 is 4.74 Å². The number of methoxy groups -OCH3 is 1. The van der Waals surface area contributed by atoms with Crippen molar-refractivity contribution in [3.8, 4) is 0 Å². The molecule has 18 heavy (non-hydrogen) atoms. The zero-order chi connectivity index (χ0) is 13.3. The van der Waals surface area contributed by atoms with E-state index in [4.69, 9.17) is 23.2 Å². The number of esters is 1. The summed E-state index contributed by atoms with van der Waals surface area (Å²) in [6, 6.07) is 0. The summed E-state index contributed by atoms with van der Waals surface area (Å²) in [5, 5.41) is 0.161. The highest BCUT2D eigenvalue weighted by molar-refractivity contribution is 6.43. The molecular formula is C10H9Cl2N3O3. The predicted molar refractivity (Wildman–Crippen MR) is 64.5 cm³/mol. The van der Waals surface area contributed by atoms with E-state index in [0.29, 0.717) is 0 Å². The highest BCUT2D eigenvalue weighted by Crippen LogP contribution is 2.32. The molecule has 0 radical (unpaired) electrons. The Morgan fingerprint density at radius 2 is 2.22 bits per heavy atom. The lowest BCUT2D eigenvalue weighted by Gasteiger charge is -2.16. The van der Waals surface area contributed by atoms with Gasteiger partial charge >= 0.3 is 5.97 Å². The van der Waals surface area contributed by atoms with Gasteiger partial charge in [0, 0.05) is 13.0 Å². The van der Waals surface area contributed by atoms with Crippen molar-refractivity contribution in [3.05, 3.63) is 16.5 Å². The van der Waals surface area contributed by atoms with Crippen molar-refractivity contribution < 1.29 is 14.3 Å². The number of nitrogens with zero attached hydrogens (tertiary/aromatic N) is 3. The van der Waals surface area contributed by atoms with Crippen LogP contribution in [0.4, 0.5) is 5.82 Å². The van der Waals surface area contributed by atoms with Crippen LogP contribution in [0.15, 0.2) is 6.33 Å². The van der Waals surface area contributed by atoms with Gasteiger partial charge in [-0.1, -0.05) is 23.2 Å². The fraction of sp³-hybridized carbons (Fsp3) is 0.400. The van der Waals surface area contributed by atoms with E-state index in [0.717, 1.165) is 0 Å². The molecule has 0 bridgehead atoms. The number of carbonyl (C=O) groups excluding carboxylic acids is 2. The van der Waals surface area contributed by atoms with Crippen molar-refractivity contribution in [2.24, 2.45) is 5.92 Å². The third-order valence-corrected chi connectivity index (χ3v) is 3.38. The minimum absolute atomic E-state index is 0.0657. The number of anilines is 1. The van der Waals surface area contributed by atoms with E-state index in [1.54, 1.807) is 0 Å². The lowest BCUT2D eigenvalue weighted by molar-refractivity contribution is -0.145. The second-order valence-corrected chi connectivity index (χ2v) is 4.47. The third kappa shape index (κ3) is 2.26. The Morgan fingerprint density at radius 3 is 2.89 bits per heavy atom.